The maximum Gasteiger partial charge on any atom is 0.254 e. The number of halogens is 1. The Hall–Kier alpha value is -2.01. The van der Waals surface area contributed by atoms with Gasteiger partial charge in [0, 0.05) is 19.2 Å². The standard InChI is InChI=1S/C15H14BrNO3/c1-17(9-10-2-5-12(18)6-3-10)15(20)11-4-7-13(16)14(19)8-11/h2-8,18-19H,9H2,1H3. The van der Waals surface area contributed by atoms with Crippen LogP contribution in [0.1, 0.15) is 15.9 Å². The van der Waals surface area contributed by atoms with Gasteiger partial charge in [0.2, 0.25) is 0 Å². The van der Waals surface area contributed by atoms with E-state index in [1.165, 1.54) is 6.07 Å². The summed E-state index contributed by atoms with van der Waals surface area (Å²) in [7, 11) is 1.69. The number of phenolic OH excluding ortho intramolecular Hbond substituents is 2. The number of phenols is 2. The van der Waals surface area contributed by atoms with Crippen molar-refractivity contribution in [2.45, 2.75) is 6.54 Å². The summed E-state index contributed by atoms with van der Waals surface area (Å²) in [6, 6.07) is 11.4. The van der Waals surface area contributed by atoms with Gasteiger partial charge in [0.05, 0.1) is 4.47 Å². The molecule has 0 unspecified atom stereocenters. The van der Waals surface area contributed by atoms with Gasteiger partial charge < -0.3 is 15.1 Å². The Kier molecular flexibility index (Phi) is 4.29. The summed E-state index contributed by atoms with van der Waals surface area (Å²) in [5, 5.41) is 18.8. The molecule has 0 aliphatic heterocycles. The Morgan fingerprint density at radius 1 is 1.15 bits per heavy atom. The zero-order valence-electron chi connectivity index (χ0n) is 10.9. The molecule has 0 saturated heterocycles. The van der Waals surface area contributed by atoms with Gasteiger partial charge in [0.25, 0.3) is 5.91 Å². The summed E-state index contributed by atoms with van der Waals surface area (Å²) in [6.07, 6.45) is 0. The molecule has 2 aromatic carbocycles. The zero-order valence-corrected chi connectivity index (χ0v) is 12.5. The topological polar surface area (TPSA) is 60.8 Å². The van der Waals surface area contributed by atoms with Crippen molar-refractivity contribution in [2.24, 2.45) is 0 Å². The fraction of sp³-hybridized carbons (Fsp3) is 0.133. The molecule has 0 bridgehead atoms. The highest BCUT2D eigenvalue weighted by molar-refractivity contribution is 9.10. The van der Waals surface area contributed by atoms with Crippen LogP contribution in [0.4, 0.5) is 0 Å². The third kappa shape index (κ3) is 3.30. The summed E-state index contributed by atoms with van der Waals surface area (Å²) in [6.45, 7) is 0.427. The second kappa shape index (κ2) is 5.96. The highest BCUT2D eigenvalue weighted by atomic mass is 79.9. The fourth-order valence-electron chi connectivity index (χ4n) is 1.81. The Labute approximate surface area is 125 Å². The van der Waals surface area contributed by atoms with Crippen molar-refractivity contribution in [2.75, 3.05) is 7.05 Å². The van der Waals surface area contributed by atoms with Crippen molar-refractivity contribution in [3.8, 4) is 11.5 Å². The number of carbonyl (C=O) groups excluding carboxylic acids is 1. The highest BCUT2D eigenvalue weighted by Gasteiger charge is 2.13. The average molecular weight is 336 g/mol. The van der Waals surface area contributed by atoms with Crippen LogP contribution in [0.15, 0.2) is 46.9 Å². The summed E-state index contributed by atoms with van der Waals surface area (Å²) < 4.78 is 0.551. The molecule has 0 radical (unpaired) electrons. The van der Waals surface area contributed by atoms with Crippen molar-refractivity contribution in [1.82, 2.24) is 4.90 Å². The molecular weight excluding hydrogens is 322 g/mol. The lowest BCUT2D eigenvalue weighted by molar-refractivity contribution is 0.0784. The number of hydrogen-bond acceptors (Lipinski definition) is 3. The quantitative estimate of drug-likeness (QED) is 0.905. The van der Waals surface area contributed by atoms with Crippen molar-refractivity contribution in [1.29, 1.82) is 0 Å². The van der Waals surface area contributed by atoms with Crippen molar-refractivity contribution in [3.63, 3.8) is 0 Å². The predicted molar refractivity (Wildman–Crippen MR) is 79.7 cm³/mol. The van der Waals surface area contributed by atoms with Gasteiger partial charge in [-0.1, -0.05) is 12.1 Å². The van der Waals surface area contributed by atoms with E-state index in [-0.39, 0.29) is 17.4 Å². The Balaban J connectivity index is 2.11. The van der Waals surface area contributed by atoms with E-state index in [1.807, 2.05) is 0 Å². The van der Waals surface area contributed by atoms with Crippen LogP contribution in [0.25, 0.3) is 0 Å². The molecule has 0 aliphatic carbocycles. The van der Waals surface area contributed by atoms with Crippen LogP contribution < -0.4 is 0 Å². The van der Waals surface area contributed by atoms with Gasteiger partial charge in [-0.25, -0.2) is 0 Å². The van der Waals surface area contributed by atoms with Gasteiger partial charge in [-0.3, -0.25) is 4.79 Å². The zero-order chi connectivity index (χ0) is 14.7. The molecule has 0 spiro atoms. The number of nitrogens with zero attached hydrogens (tertiary/aromatic N) is 1. The minimum Gasteiger partial charge on any atom is -0.508 e. The van der Waals surface area contributed by atoms with E-state index in [9.17, 15) is 15.0 Å². The van der Waals surface area contributed by atoms with Gasteiger partial charge in [0.15, 0.2) is 0 Å². The molecular formula is C15H14BrNO3. The summed E-state index contributed by atoms with van der Waals surface area (Å²) in [4.78, 5) is 13.8. The number of rotatable bonds is 3. The highest BCUT2D eigenvalue weighted by Crippen LogP contribution is 2.25. The molecule has 0 heterocycles. The molecule has 2 aromatic rings. The van der Waals surface area contributed by atoms with E-state index in [1.54, 1.807) is 48.3 Å². The maximum atomic E-state index is 12.2. The van der Waals surface area contributed by atoms with E-state index in [2.05, 4.69) is 15.9 Å². The SMILES string of the molecule is CN(Cc1ccc(O)cc1)C(=O)c1ccc(Br)c(O)c1. The third-order valence-electron chi connectivity index (χ3n) is 2.90. The van der Waals surface area contributed by atoms with Gasteiger partial charge >= 0.3 is 0 Å². The first-order valence-corrected chi connectivity index (χ1v) is 6.78. The normalized spacial score (nSPS) is 10.3. The number of carbonyl (C=O) groups is 1. The third-order valence-corrected chi connectivity index (χ3v) is 3.57. The molecule has 4 nitrogen and oxygen atoms in total. The van der Waals surface area contributed by atoms with E-state index in [0.717, 1.165) is 5.56 Å². The second-order valence-corrected chi connectivity index (χ2v) is 5.35. The Morgan fingerprint density at radius 2 is 1.80 bits per heavy atom. The van der Waals surface area contributed by atoms with Crippen molar-refractivity contribution in [3.05, 3.63) is 58.1 Å². The van der Waals surface area contributed by atoms with E-state index in [4.69, 9.17) is 0 Å². The molecule has 2 rings (SSSR count). The van der Waals surface area contributed by atoms with Gasteiger partial charge in [-0.2, -0.15) is 0 Å². The average Bonchev–Trinajstić information content (AvgIpc) is 2.43. The molecule has 0 atom stereocenters. The van der Waals surface area contributed by atoms with Crippen LogP contribution in [-0.2, 0) is 6.54 Å². The first-order chi connectivity index (χ1) is 9.47. The second-order valence-electron chi connectivity index (χ2n) is 4.49. The largest absolute Gasteiger partial charge is 0.508 e. The monoisotopic (exact) mass is 335 g/mol. The van der Waals surface area contributed by atoms with Crippen molar-refractivity contribution >= 4 is 21.8 Å². The summed E-state index contributed by atoms with van der Waals surface area (Å²) >= 11 is 3.18. The van der Waals surface area contributed by atoms with Gasteiger partial charge in [0.1, 0.15) is 11.5 Å². The molecule has 1 amide bonds. The Morgan fingerprint density at radius 3 is 2.40 bits per heavy atom. The van der Waals surface area contributed by atoms with E-state index in [0.29, 0.717) is 16.6 Å². The maximum absolute atomic E-state index is 12.2. The summed E-state index contributed by atoms with van der Waals surface area (Å²) in [5.74, 6) is 0.0512. The molecule has 2 N–H and O–H groups in total. The molecule has 20 heavy (non-hydrogen) atoms. The molecule has 0 fully saturated rings. The molecule has 5 heteroatoms. The van der Waals surface area contributed by atoms with Gasteiger partial charge in [-0.05, 0) is 51.8 Å². The molecule has 104 valence electrons. The van der Waals surface area contributed by atoms with Crippen LogP contribution >= 0.6 is 15.9 Å². The molecule has 0 aliphatic rings. The van der Waals surface area contributed by atoms with Crippen LogP contribution in [0, 0.1) is 0 Å². The van der Waals surface area contributed by atoms with E-state index < -0.39 is 0 Å². The lowest BCUT2D eigenvalue weighted by atomic mass is 10.1. The summed E-state index contributed by atoms with van der Waals surface area (Å²) in [5.41, 5.74) is 1.34. The molecule has 0 saturated carbocycles. The fourth-order valence-corrected chi connectivity index (χ4v) is 2.06. The lowest BCUT2D eigenvalue weighted by Gasteiger charge is -2.17. The predicted octanol–water partition coefficient (Wildman–Crippen LogP) is 3.13. The van der Waals surface area contributed by atoms with Gasteiger partial charge in [-0.15, -0.1) is 0 Å². The molecule has 0 aromatic heterocycles. The van der Waals surface area contributed by atoms with Crippen molar-refractivity contribution < 1.29 is 15.0 Å². The number of aromatic hydroxyl groups is 2. The minimum atomic E-state index is -0.180. The first-order valence-electron chi connectivity index (χ1n) is 5.99. The smallest absolute Gasteiger partial charge is 0.254 e. The number of benzene rings is 2. The van der Waals surface area contributed by atoms with E-state index >= 15 is 0 Å². The minimum absolute atomic E-state index is 0.0360. The number of hydrogen-bond donors (Lipinski definition) is 2. The van der Waals surface area contributed by atoms with Crippen LogP contribution in [0.5, 0.6) is 11.5 Å². The number of amides is 1. The van der Waals surface area contributed by atoms with Crippen LogP contribution in [0.3, 0.4) is 0 Å². The lowest BCUT2D eigenvalue weighted by Crippen LogP contribution is -2.26. The Bertz CT molecular complexity index is 626. The van der Waals surface area contributed by atoms with Crippen LogP contribution in [0.2, 0.25) is 0 Å². The first kappa shape index (κ1) is 14.4. The van der Waals surface area contributed by atoms with Crippen LogP contribution in [-0.4, -0.2) is 28.1 Å².